The normalized spacial score (nSPS) is 30.5. The zero-order chi connectivity index (χ0) is 19.9. The Morgan fingerprint density at radius 3 is 2.34 bits per heavy atom. The van der Waals surface area contributed by atoms with E-state index >= 15 is 0 Å². The molecule has 1 atom stereocenters. The summed E-state index contributed by atoms with van der Waals surface area (Å²) >= 11 is 6.38. The summed E-state index contributed by atoms with van der Waals surface area (Å²) in [6, 6.07) is 4.28. The Hall–Kier alpha value is -1.17. The molecule has 0 aromatic heterocycles. The van der Waals surface area contributed by atoms with Gasteiger partial charge in [-0.2, -0.15) is 0 Å². The molecule has 1 aromatic carbocycles. The Morgan fingerprint density at radius 2 is 1.83 bits per heavy atom. The van der Waals surface area contributed by atoms with Crippen LogP contribution in [-0.4, -0.2) is 25.7 Å². The third-order valence-electron chi connectivity index (χ3n) is 7.26. The number of halogens is 2. The molecule has 0 heterocycles. The van der Waals surface area contributed by atoms with Crippen molar-refractivity contribution in [2.75, 3.05) is 13.7 Å². The molecule has 4 aliphatic carbocycles. The van der Waals surface area contributed by atoms with Gasteiger partial charge in [-0.15, -0.1) is 12.4 Å². The van der Waals surface area contributed by atoms with E-state index < -0.39 is 5.91 Å². The first-order chi connectivity index (χ1) is 13.4. The van der Waals surface area contributed by atoms with Crippen LogP contribution in [-0.2, 0) is 11.3 Å². The number of amides is 1. The van der Waals surface area contributed by atoms with Crippen LogP contribution in [0.1, 0.15) is 51.0 Å². The molecule has 0 saturated heterocycles. The molecule has 4 fully saturated rings. The number of methoxy groups -OCH3 is 1. The number of nitrogens with one attached hydrogen (secondary N) is 1. The molecule has 1 unspecified atom stereocenters. The second-order valence-corrected chi connectivity index (χ2v) is 9.65. The number of carbonyl (C=O) groups is 1. The Labute approximate surface area is 184 Å². The van der Waals surface area contributed by atoms with Crippen molar-refractivity contribution in [3.63, 3.8) is 0 Å². The molecule has 29 heavy (non-hydrogen) atoms. The molecule has 4 aliphatic rings. The molecular weight excluding hydrogens is 411 g/mol. The third kappa shape index (κ3) is 4.62. The lowest BCUT2D eigenvalue weighted by molar-refractivity contribution is -0.119. The van der Waals surface area contributed by atoms with Gasteiger partial charge in [0.2, 0.25) is 0 Å². The molecule has 0 spiro atoms. The summed E-state index contributed by atoms with van der Waals surface area (Å²) in [7, 11) is 1.57. The van der Waals surface area contributed by atoms with E-state index in [1.807, 2.05) is 12.1 Å². The average molecular weight is 443 g/mol. The fourth-order valence-corrected chi connectivity index (χ4v) is 6.64. The van der Waals surface area contributed by atoms with Crippen LogP contribution >= 0.6 is 24.0 Å². The van der Waals surface area contributed by atoms with E-state index in [4.69, 9.17) is 26.8 Å². The summed E-state index contributed by atoms with van der Waals surface area (Å²) in [5.41, 5.74) is 6.67. The largest absolute Gasteiger partial charge is 0.493 e. The van der Waals surface area contributed by atoms with Gasteiger partial charge >= 0.3 is 0 Å². The van der Waals surface area contributed by atoms with E-state index in [0.717, 1.165) is 29.9 Å². The van der Waals surface area contributed by atoms with Crippen molar-refractivity contribution >= 4 is 29.9 Å². The third-order valence-corrected chi connectivity index (χ3v) is 7.55. The number of hydrogen-bond donors (Lipinski definition) is 2. The zero-order valence-electron chi connectivity index (χ0n) is 17.2. The van der Waals surface area contributed by atoms with Crippen molar-refractivity contribution in [3.8, 4) is 11.5 Å². The first-order valence-corrected chi connectivity index (χ1v) is 10.8. The molecule has 4 bridgehead atoms. The molecule has 3 N–H and O–H groups in total. The number of benzene rings is 1. The first-order valence-electron chi connectivity index (χ1n) is 10.4. The monoisotopic (exact) mass is 442 g/mol. The summed E-state index contributed by atoms with van der Waals surface area (Å²) in [6.45, 7) is 2.86. The van der Waals surface area contributed by atoms with Gasteiger partial charge < -0.3 is 20.5 Å². The van der Waals surface area contributed by atoms with Crippen LogP contribution in [0.25, 0.3) is 0 Å². The maximum Gasteiger partial charge on any atom is 0.255 e. The predicted molar refractivity (Wildman–Crippen MR) is 117 cm³/mol. The quantitative estimate of drug-likeness (QED) is 0.627. The molecule has 0 radical (unpaired) electrons. The minimum atomic E-state index is -0.548. The minimum absolute atomic E-state index is 0. The highest BCUT2D eigenvalue weighted by atomic mass is 35.5. The molecule has 4 saturated carbocycles. The maximum absolute atomic E-state index is 11.0. The highest BCUT2D eigenvalue weighted by Gasteiger charge is 2.52. The number of carbonyl (C=O) groups excluding carboxylic acids is 1. The predicted octanol–water partition coefficient (Wildman–Crippen LogP) is 4.33. The van der Waals surface area contributed by atoms with Crippen LogP contribution in [0.4, 0.5) is 0 Å². The number of nitrogens with two attached hydrogens (primary N) is 1. The van der Waals surface area contributed by atoms with E-state index in [1.54, 1.807) is 7.11 Å². The van der Waals surface area contributed by atoms with Crippen molar-refractivity contribution in [1.82, 2.24) is 5.32 Å². The maximum atomic E-state index is 11.0. The Balaban J connectivity index is 0.00000240. The number of rotatable bonds is 8. The van der Waals surface area contributed by atoms with Crippen LogP contribution < -0.4 is 20.5 Å². The summed E-state index contributed by atoms with van der Waals surface area (Å²) in [5.74, 6) is 3.19. The fourth-order valence-electron chi connectivity index (χ4n) is 6.35. The van der Waals surface area contributed by atoms with E-state index in [-0.39, 0.29) is 19.0 Å². The van der Waals surface area contributed by atoms with Crippen LogP contribution in [0.15, 0.2) is 12.1 Å². The highest BCUT2D eigenvalue weighted by molar-refractivity contribution is 6.32. The second-order valence-electron chi connectivity index (χ2n) is 9.25. The van der Waals surface area contributed by atoms with Crippen LogP contribution in [0.5, 0.6) is 11.5 Å². The molecule has 1 amide bonds. The van der Waals surface area contributed by atoms with Gasteiger partial charge in [0, 0.05) is 12.6 Å². The summed E-state index contributed by atoms with van der Waals surface area (Å²) in [5, 5.41) is 4.21. The van der Waals surface area contributed by atoms with Gasteiger partial charge in [0.25, 0.3) is 5.91 Å². The zero-order valence-corrected chi connectivity index (χ0v) is 18.8. The van der Waals surface area contributed by atoms with Crippen molar-refractivity contribution in [1.29, 1.82) is 0 Å². The van der Waals surface area contributed by atoms with Crippen molar-refractivity contribution in [2.24, 2.45) is 28.9 Å². The number of hydrogen-bond acceptors (Lipinski definition) is 4. The number of ether oxygens (including phenoxy) is 2. The molecule has 5 nitrogen and oxygen atoms in total. The van der Waals surface area contributed by atoms with Gasteiger partial charge in [0.1, 0.15) is 0 Å². The van der Waals surface area contributed by atoms with Gasteiger partial charge in [-0.25, -0.2) is 0 Å². The van der Waals surface area contributed by atoms with E-state index in [9.17, 15) is 4.79 Å². The second kappa shape index (κ2) is 8.91. The lowest BCUT2D eigenvalue weighted by Gasteiger charge is -2.59. The fraction of sp³-hybridized carbons (Fsp3) is 0.682. The Bertz CT molecular complexity index is 721. The minimum Gasteiger partial charge on any atom is -0.493 e. The van der Waals surface area contributed by atoms with Gasteiger partial charge in [-0.05, 0) is 86.3 Å². The van der Waals surface area contributed by atoms with E-state index in [2.05, 4.69) is 12.2 Å². The topological polar surface area (TPSA) is 73.6 Å². The Kier molecular flexibility index (Phi) is 6.91. The van der Waals surface area contributed by atoms with E-state index in [1.165, 1.54) is 38.5 Å². The van der Waals surface area contributed by atoms with Gasteiger partial charge in [0.15, 0.2) is 18.1 Å². The molecule has 162 valence electrons. The van der Waals surface area contributed by atoms with E-state index in [0.29, 0.717) is 28.0 Å². The first kappa shape index (κ1) is 22.5. The highest BCUT2D eigenvalue weighted by Crippen LogP contribution is 2.61. The van der Waals surface area contributed by atoms with Crippen molar-refractivity contribution < 1.29 is 14.3 Å². The van der Waals surface area contributed by atoms with Crippen LogP contribution in [0.2, 0.25) is 5.02 Å². The number of primary amides is 1. The van der Waals surface area contributed by atoms with Crippen LogP contribution in [0.3, 0.4) is 0 Å². The molecular formula is C22H32Cl2N2O3. The average Bonchev–Trinajstić information content (AvgIpc) is 2.63. The molecule has 1 aromatic rings. The molecule has 0 aliphatic heterocycles. The van der Waals surface area contributed by atoms with Gasteiger partial charge in [0.05, 0.1) is 12.1 Å². The summed E-state index contributed by atoms with van der Waals surface area (Å²) in [6.07, 6.45) is 8.55. The molecule has 5 rings (SSSR count). The van der Waals surface area contributed by atoms with Gasteiger partial charge in [-0.1, -0.05) is 11.6 Å². The summed E-state index contributed by atoms with van der Waals surface area (Å²) < 4.78 is 10.8. The molecule has 7 heteroatoms. The standard InChI is InChI=1S/C22H31ClN2O3.ClH/c1-13(22-8-14-3-15(9-22)5-16(4-14)10-22)25-11-17-6-18(23)21(19(7-17)27-2)28-12-20(24)26;/h6-7,13-16,25H,3-5,8-12H2,1-2H3,(H2,24,26);1H. The lowest BCUT2D eigenvalue weighted by Crippen LogP contribution is -2.54. The SMILES string of the molecule is COc1cc(CNC(C)C23CC4CC(CC(C4)C2)C3)cc(Cl)c1OCC(N)=O.Cl. The summed E-state index contributed by atoms with van der Waals surface area (Å²) in [4.78, 5) is 11.0. The smallest absolute Gasteiger partial charge is 0.255 e. The van der Waals surface area contributed by atoms with Gasteiger partial charge in [-0.3, -0.25) is 4.79 Å². The lowest BCUT2D eigenvalue weighted by atomic mass is 9.48. The Morgan fingerprint density at radius 1 is 1.24 bits per heavy atom. The van der Waals surface area contributed by atoms with Crippen LogP contribution in [0, 0.1) is 23.2 Å². The van der Waals surface area contributed by atoms with Crippen molar-refractivity contribution in [2.45, 2.75) is 58.0 Å². The van der Waals surface area contributed by atoms with Crippen molar-refractivity contribution in [3.05, 3.63) is 22.7 Å².